The number of aryl methyl sites for hydroxylation is 1. The molecule has 0 aliphatic rings. The monoisotopic (exact) mass is 292 g/mol. The summed E-state index contributed by atoms with van der Waals surface area (Å²) in [5.41, 5.74) is 0.704. The Morgan fingerprint density at radius 1 is 1.00 bits per heavy atom. The summed E-state index contributed by atoms with van der Waals surface area (Å²) < 4.78 is 10.2. The number of benzene rings is 1. The van der Waals surface area contributed by atoms with E-state index in [1.54, 1.807) is 20.8 Å². The lowest BCUT2D eigenvalue weighted by Gasteiger charge is -2.19. The topological polar surface area (TPSA) is 52.6 Å². The van der Waals surface area contributed by atoms with Crippen LogP contribution in [-0.2, 0) is 25.5 Å². The highest BCUT2D eigenvalue weighted by molar-refractivity contribution is 5.72. The van der Waals surface area contributed by atoms with Crippen LogP contribution in [0.25, 0.3) is 0 Å². The third-order valence-corrected chi connectivity index (χ3v) is 2.68. The van der Waals surface area contributed by atoms with Gasteiger partial charge in [-0.15, -0.1) is 0 Å². The summed E-state index contributed by atoms with van der Waals surface area (Å²) in [4.78, 5) is 23.0. The zero-order valence-electron chi connectivity index (χ0n) is 13.1. The van der Waals surface area contributed by atoms with Crippen LogP contribution in [0.5, 0.6) is 0 Å². The third-order valence-electron chi connectivity index (χ3n) is 2.68. The smallest absolute Gasteiger partial charge is 0.309 e. The molecule has 116 valence electrons. The van der Waals surface area contributed by atoms with Gasteiger partial charge < -0.3 is 9.47 Å². The number of esters is 2. The van der Waals surface area contributed by atoms with Gasteiger partial charge in [-0.2, -0.15) is 0 Å². The second kappa shape index (κ2) is 8.45. The molecule has 0 spiro atoms. The Morgan fingerprint density at radius 2 is 1.67 bits per heavy atom. The molecular formula is C17H24O4. The van der Waals surface area contributed by atoms with Crippen molar-refractivity contribution in [2.45, 2.75) is 52.1 Å². The van der Waals surface area contributed by atoms with E-state index in [0.717, 1.165) is 12.8 Å². The van der Waals surface area contributed by atoms with Crippen LogP contribution in [0.1, 0.15) is 45.6 Å². The molecule has 0 radical (unpaired) electrons. The average molecular weight is 292 g/mol. The fourth-order valence-corrected chi connectivity index (χ4v) is 1.79. The second-order valence-corrected chi connectivity index (χ2v) is 5.90. The molecule has 4 heteroatoms. The first kappa shape index (κ1) is 17.2. The van der Waals surface area contributed by atoms with Crippen molar-refractivity contribution in [2.24, 2.45) is 0 Å². The van der Waals surface area contributed by atoms with Gasteiger partial charge in [0.15, 0.2) is 0 Å². The number of hydrogen-bond donors (Lipinski definition) is 0. The molecule has 0 atom stereocenters. The predicted molar refractivity (Wildman–Crippen MR) is 80.8 cm³/mol. The first-order valence-corrected chi connectivity index (χ1v) is 7.28. The Hall–Kier alpha value is -1.84. The van der Waals surface area contributed by atoms with E-state index in [2.05, 4.69) is 0 Å². The molecule has 1 aromatic carbocycles. The average Bonchev–Trinajstić information content (AvgIpc) is 2.38. The minimum Gasteiger partial charge on any atom is -0.465 e. The van der Waals surface area contributed by atoms with Gasteiger partial charge in [0.05, 0.1) is 6.42 Å². The van der Waals surface area contributed by atoms with Crippen molar-refractivity contribution in [3.8, 4) is 0 Å². The van der Waals surface area contributed by atoms with E-state index >= 15 is 0 Å². The summed E-state index contributed by atoms with van der Waals surface area (Å²) in [5.74, 6) is -0.617. The van der Waals surface area contributed by atoms with E-state index < -0.39 is 5.60 Å². The molecular weight excluding hydrogens is 268 g/mol. The lowest BCUT2D eigenvalue weighted by Crippen LogP contribution is -2.24. The maximum Gasteiger partial charge on any atom is 0.309 e. The molecule has 0 aliphatic heterocycles. The van der Waals surface area contributed by atoms with Crippen LogP contribution in [-0.4, -0.2) is 24.1 Å². The quantitative estimate of drug-likeness (QED) is 0.724. The fraction of sp³-hybridized carbons (Fsp3) is 0.529. The van der Waals surface area contributed by atoms with Crippen molar-refractivity contribution in [3.05, 3.63) is 35.9 Å². The SMILES string of the molecule is CC(C)(C)OC(=O)CCOC(=O)CCCc1ccccc1. The van der Waals surface area contributed by atoms with E-state index in [0.29, 0.717) is 6.42 Å². The summed E-state index contributed by atoms with van der Waals surface area (Å²) in [6, 6.07) is 10.00. The van der Waals surface area contributed by atoms with Gasteiger partial charge in [-0.1, -0.05) is 30.3 Å². The minimum atomic E-state index is -0.503. The molecule has 0 N–H and O–H groups in total. The minimum absolute atomic E-state index is 0.0824. The van der Waals surface area contributed by atoms with Gasteiger partial charge >= 0.3 is 11.9 Å². The molecule has 4 nitrogen and oxygen atoms in total. The number of hydrogen-bond acceptors (Lipinski definition) is 4. The molecule has 0 unspecified atom stereocenters. The normalized spacial score (nSPS) is 11.0. The van der Waals surface area contributed by atoms with Crippen molar-refractivity contribution in [2.75, 3.05) is 6.61 Å². The number of rotatable bonds is 7. The van der Waals surface area contributed by atoms with Gasteiger partial charge in [-0.3, -0.25) is 9.59 Å². The molecule has 21 heavy (non-hydrogen) atoms. The summed E-state index contributed by atoms with van der Waals surface area (Å²) in [7, 11) is 0. The second-order valence-electron chi connectivity index (χ2n) is 5.90. The maximum absolute atomic E-state index is 11.5. The highest BCUT2D eigenvalue weighted by Gasteiger charge is 2.16. The lowest BCUT2D eigenvalue weighted by atomic mass is 10.1. The van der Waals surface area contributed by atoms with E-state index in [4.69, 9.17) is 9.47 Å². The highest BCUT2D eigenvalue weighted by Crippen LogP contribution is 2.09. The molecule has 0 fully saturated rings. The molecule has 0 heterocycles. The van der Waals surface area contributed by atoms with Crippen LogP contribution in [0.3, 0.4) is 0 Å². The van der Waals surface area contributed by atoms with Gasteiger partial charge in [-0.25, -0.2) is 0 Å². The van der Waals surface area contributed by atoms with E-state index in [1.807, 2.05) is 30.3 Å². The van der Waals surface area contributed by atoms with Gasteiger partial charge in [0, 0.05) is 6.42 Å². The summed E-state index contributed by atoms with van der Waals surface area (Å²) >= 11 is 0. The first-order chi connectivity index (χ1) is 9.87. The number of carbonyl (C=O) groups excluding carboxylic acids is 2. The molecule has 0 aromatic heterocycles. The van der Waals surface area contributed by atoms with Gasteiger partial charge in [0.1, 0.15) is 12.2 Å². The van der Waals surface area contributed by atoms with Crippen molar-refractivity contribution in [1.82, 2.24) is 0 Å². The van der Waals surface area contributed by atoms with Crippen molar-refractivity contribution >= 4 is 11.9 Å². The zero-order chi connectivity index (χ0) is 15.7. The maximum atomic E-state index is 11.5. The molecule has 0 amide bonds. The van der Waals surface area contributed by atoms with Crippen LogP contribution in [0.15, 0.2) is 30.3 Å². The third kappa shape index (κ3) is 8.84. The van der Waals surface area contributed by atoms with Crippen molar-refractivity contribution in [1.29, 1.82) is 0 Å². The van der Waals surface area contributed by atoms with Crippen molar-refractivity contribution in [3.63, 3.8) is 0 Å². The van der Waals surface area contributed by atoms with Crippen molar-refractivity contribution < 1.29 is 19.1 Å². The Labute approximate surface area is 126 Å². The van der Waals surface area contributed by atoms with E-state index in [9.17, 15) is 9.59 Å². The highest BCUT2D eigenvalue weighted by atomic mass is 16.6. The van der Waals surface area contributed by atoms with Gasteiger partial charge in [0.2, 0.25) is 0 Å². The summed E-state index contributed by atoms with van der Waals surface area (Å²) in [6.45, 7) is 5.50. The molecule has 1 aromatic rings. The first-order valence-electron chi connectivity index (χ1n) is 7.28. The number of ether oxygens (including phenoxy) is 2. The number of carbonyl (C=O) groups is 2. The van der Waals surface area contributed by atoms with E-state index in [-0.39, 0.29) is 25.0 Å². The van der Waals surface area contributed by atoms with Crippen LogP contribution in [0.2, 0.25) is 0 Å². The van der Waals surface area contributed by atoms with E-state index in [1.165, 1.54) is 5.56 Å². The standard InChI is InChI=1S/C17H24O4/c1-17(2,3)21-16(19)12-13-20-15(18)11-7-10-14-8-5-4-6-9-14/h4-6,8-9H,7,10-13H2,1-3H3. The Balaban J connectivity index is 2.10. The molecule has 0 saturated heterocycles. The molecule has 0 saturated carbocycles. The molecule has 0 aliphatic carbocycles. The van der Waals surface area contributed by atoms with Crippen LogP contribution >= 0.6 is 0 Å². The fourth-order valence-electron chi connectivity index (χ4n) is 1.79. The van der Waals surface area contributed by atoms with Gasteiger partial charge in [0.25, 0.3) is 0 Å². The predicted octanol–water partition coefficient (Wildman–Crippen LogP) is 3.28. The lowest BCUT2D eigenvalue weighted by molar-refractivity contribution is -0.157. The van der Waals surface area contributed by atoms with Crippen LogP contribution in [0.4, 0.5) is 0 Å². The van der Waals surface area contributed by atoms with Gasteiger partial charge in [-0.05, 0) is 39.2 Å². The summed E-state index contributed by atoms with van der Waals surface area (Å²) in [6.07, 6.45) is 2.06. The summed E-state index contributed by atoms with van der Waals surface area (Å²) in [5, 5.41) is 0. The Bertz CT molecular complexity index is 446. The van der Waals surface area contributed by atoms with Crippen LogP contribution in [0, 0.1) is 0 Å². The molecule has 0 bridgehead atoms. The Morgan fingerprint density at radius 3 is 2.29 bits per heavy atom. The largest absolute Gasteiger partial charge is 0.465 e. The Kier molecular flexibility index (Phi) is 6.92. The zero-order valence-corrected chi connectivity index (χ0v) is 13.1. The molecule has 1 rings (SSSR count). The van der Waals surface area contributed by atoms with Crippen LogP contribution < -0.4 is 0 Å².